The first-order valence-electron chi connectivity index (χ1n) is 5.16. The van der Waals surface area contributed by atoms with E-state index in [0.717, 1.165) is 9.35 Å². The smallest absolute Gasteiger partial charge is 0.250 e. The molecule has 0 bridgehead atoms. The number of halogens is 1. The van der Waals surface area contributed by atoms with Gasteiger partial charge in [-0.25, -0.2) is 13.1 Å². The summed E-state index contributed by atoms with van der Waals surface area (Å²) in [5.41, 5.74) is 0.830. The zero-order chi connectivity index (χ0) is 13.2. The van der Waals surface area contributed by atoms with Crippen molar-refractivity contribution in [2.75, 3.05) is 0 Å². The topological polar surface area (TPSA) is 59.1 Å². The number of hydrogen-bond donors (Lipinski definition) is 1. The van der Waals surface area contributed by atoms with Gasteiger partial charge in [0.25, 0.3) is 10.0 Å². The summed E-state index contributed by atoms with van der Waals surface area (Å²) >= 11 is 4.43. The quantitative estimate of drug-likeness (QED) is 0.925. The fourth-order valence-corrected chi connectivity index (χ4v) is 4.69. The summed E-state index contributed by atoms with van der Waals surface area (Å²) in [4.78, 5) is 3.97. The van der Waals surface area contributed by atoms with Gasteiger partial charge in [-0.3, -0.25) is 4.98 Å². The zero-order valence-electron chi connectivity index (χ0n) is 9.50. The van der Waals surface area contributed by atoms with Crippen LogP contribution in [0.3, 0.4) is 0 Å². The third-order valence-electron chi connectivity index (χ3n) is 2.33. The summed E-state index contributed by atoms with van der Waals surface area (Å²) in [6, 6.07) is 6.59. The van der Waals surface area contributed by atoms with E-state index in [0.29, 0.717) is 4.21 Å². The Kier molecular flexibility index (Phi) is 4.16. The number of pyridine rings is 1. The molecule has 2 rings (SSSR count). The minimum atomic E-state index is -3.48. The largest absolute Gasteiger partial charge is 0.264 e. The summed E-state index contributed by atoms with van der Waals surface area (Å²) in [6.07, 6.45) is 3.30. The summed E-state index contributed by atoms with van der Waals surface area (Å²) in [7, 11) is -3.48. The lowest BCUT2D eigenvalue weighted by molar-refractivity contribution is 0.568. The van der Waals surface area contributed by atoms with Crippen molar-refractivity contribution in [2.24, 2.45) is 0 Å². The van der Waals surface area contributed by atoms with Crippen molar-refractivity contribution in [3.63, 3.8) is 0 Å². The predicted octanol–water partition coefficient (Wildman–Crippen LogP) is 2.95. The fourth-order valence-electron chi connectivity index (χ4n) is 1.43. The normalized spacial score (nSPS) is 13.4. The number of thiophene rings is 1. The van der Waals surface area contributed by atoms with Crippen molar-refractivity contribution in [1.29, 1.82) is 0 Å². The van der Waals surface area contributed by atoms with Crippen LogP contribution in [0.25, 0.3) is 0 Å². The highest BCUT2D eigenvalue weighted by Gasteiger charge is 2.20. The van der Waals surface area contributed by atoms with Crippen LogP contribution in [0.15, 0.2) is 44.7 Å². The Hall–Kier alpha value is -0.760. The highest BCUT2D eigenvalue weighted by molar-refractivity contribution is 9.11. The lowest BCUT2D eigenvalue weighted by Crippen LogP contribution is -2.26. The van der Waals surface area contributed by atoms with Crippen LogP contribution in [-0.4, -0.2) is 13.4 Å². The van der Waals surface area contributed by atoms with E-state index in [1.54, 1.807) is 37.5 Å². The van der Waals surface area contributed by atoms with Crippen LogP contribution in [-0.2, 0) is 10.0 Å². The van der Waals surface area contributed by atoms with E-state index in [1.807, 2.05) is 6.07 Å². The zero-order valence-corrected chi connectivity index (χ0v) is 12.7. The van der Waals surface area contributed by atoms with Gasteiger partial charge < -0.3 is 0 Å². The molecule has 0 aromatic carbocycles. The van der Waals surface area contributed by atoms with Crippen LogP contribution in [0.4, 0.5) is 0 Å². The number of hydrogen-bond acceptors (Lipinski definition) is 4. The van der Waals surface area contributed by atoms with Crippen molar-refractivity contribution < 1.29 is 8.42 Å². The average molecular weight is 347 g/mol. The Bertz CT molecular complexity index is 626. The molecule has 0 saturated heterocycles. The van der Waals surface area contributed by atoms with Crippen molar-refractivity contribution in [3.8, 4) is 0 Å². The SMILES string of the molecule is C[C@H](NS(=O)(=O)c1ccc(Br)s1)c1cccnc1. The van der Waals surface area contributed by atoms with Gasteiger partial charge >= 0.3 is 0 Å². The van der Waals surface area contributed by atoms with Gasteiger partial charge in [0, 0.05) is 18.4 Å². The van der Waals surface area contributed by atoms with Crippen LogP contribution in [0.5, 0.6) is 0 Å². The molecule has 0 amide bonds. The van der Waals surface area contributed by atoms with Gasteiger partial charge in [-0.05, 0) is 46.6 Å². The highest BCUT2D eigenvalue weighted by Crippen LogP contribution is 2.27. The van der Waals surface area contributed by atoms with Crippen molar-refractivity contribution in [1.82, 2.24) is 9.71 Å². The second kappa shape index (κ2) is 5.48. The number of rotatable bonds is 4. The maximum absolute atomic E-state index is 12.1. The number of aromatic nitrogens is 1. The van der Waals surface area contributed by atoms with Crippen LogP contribution < -0.4 is 4.72 Å². The standard InChI is InChI=1S/C11H11BrN2O2S2/c1-8(9-3-2-6-13-7-9)14-18(15,16)11-5-4-10(12)17-11/h2-8,14H,1H3/t8-/m0/s1. The van der Waals surface area contributed by atoms with Gasteiger partial charge in [0.05, 0.1) is 3.79 Å². The molecule has 0 aliphatic heterocycles. The average Bonchev–Trinajstić information content (AvgIpc) is 2.77. The first kappa shape index (κ1) is 13.7. The van der Waals surface area contributed by atoms with E-state index in [1.165, 1.54) is 11.3 Å². The van der Waals surface area contributed by atoms with Gasteiger partial charge in [0.2, 0.25) is 0 Å². The molecule has 2 heterocycles. The number of nitrogens with one attached hydrogen (secondary N) is 1. The van der Waals surface area contributed by atoms with E-state index in [9.17, 15) is 8.42 Å². The lowest BCUT2D eigenvalue weighted by atomic mass is 10.2. The summed E-state index contributed by atoms with van der Waals surface area (Å²) in [6.45, 7) is 1.79. The highest BCUT2D eigenvalue weighted by atomic mass is 79.9. The minimum Gasteiger partial charge on any atom is -0.264 e. The van der Waals surface area contributed by atoms with Crippen molar-refractivity contribution in [2.45, 2.75) is 17.2 Å². The van der Waals surface area contributed by atoms with Gasteiger partial charge in [-0.15, -0.1) is 11.3 Å². The molecule has 4 nitrogen and oxygen atoms in total. The maximum atomic E-state index is 12.1. The summed E-state index contributed by atoms with van der Waals surface area (Å²) < 4.78 is 27.9. The molecular formula is C11H11BrN2O2S2. The van der Waals surface area contributed by atoms with Crippen LogP contribution in [0.1, 0.15) is 18.5 Å². The molecule has 1 atom stereocenters. The van der Waals surface area contributed by atoms with Crippen molar-refractivity contribution >= 4 is 37.3 Å². The number of nitrogens with zero attached hydrogens (tertiary/aromatic N) is 1. The van der Waals surface area contributed by atoms with Crippen LogP contribution in [0.2, 0.25) is 0 Å². The lowest BCUT2D eigenvalue weighted by Gasteiger charge is -2.13. The van der Waals surface area contributed by atoms with E-state index in [-0.39, 0.29) is 6.04 Å². The molecule has 7 heteroatoms. The molecule has 0 saturated carbocycles. The third-order valence-corrected chi connectivity index (χ3v) is 5.99. The molecule has 1 N–H and O–H groups in total. The van der Waals surface area contributed by atoms with Crippen LogP contribution in [0, 0.1) is 0 Å². The van der Waals surface area contributed by atoms with E-state index < -0.39 is 10.0 Å². The Morgan fingerprint density at radius 3 is 2.72 bits per heavy atom. The molecule has 0 spiro atoms. The Balaban J connectivity index is 2.19. The monoisotopic (exact) mass is 346 g/mol. The Morgan fingerprint density at radius 2 is 2.17 bits per heavy atom. The summed E-state index contributed by atoms with van der Waals surface area (Å²) in [5, 5.41) is 0. The first-order chi connectivity index (χ1) is 8.49. The Labute approximate surface area is 118 Å². The molecule has 2 aromatic heterocycles. The maximum Gasteiger partial charge on any atom is 0.250 e. The molecule has 96 valence electrons. The molecular weight excluding hydrogens is 336 g/mol. The molecule has 0 aliphatic rings. The van der Waals surface area contributed by atoms with Gasteiger partial charge in [-0.2, -0.15) is 0 Å². The molecule has 0 fully saturated rings. The second-order valence-corrected chi connectivity index (χ2v) is 8.09. The molecule has 0 aliphatic carbocycles. The van der Waals surface area contributed by atoms with Gasteiger partial charge in [0.15, 0.2) is 0 Å². The molecule has 0 unspecified atom stereocenters. The first-order valence-corrected chi connectivity index (χ1v) is 8.26. The summed E-state index contributed by atoms with van der Waals surface area (Å²) in [5.74, 6) is 0. The second-order valence-electron chi connectivity index (χ2n) is 3.69. The van der Waals surface area contributed by atoms with Gasteiger partial charge in [-0.1, -0.05) is 6.07 Å². The third kappa shape index (κ3) is 3.17. The van der Waals surface area contributed by atoms with Crippen LogP contribution >= 0.6 is 27.3 Å². The predicted molar refractivity (Wildman–Crippen MR) is 75.0 cm³/mol. The van der Waals surface area contributed by atoms with E-state index in [2.05, 4.69) is 25.6 Å². The molecule has 0 radical (unpaired) electrons. The van der Waals surface area contributed by atoms with Crippen molar-refractivity contribution in [3.05, 3.63) is 46.0 Å². The number of sulfonamides is 1. The fraction of sp³-hybridized carbons (Fsp3) is 0.182. The minimum absolute atomic E-state index is 0.296. The van der Waals surface area contributed by atoms with Gasteiger partial charge in [0.1, 0.15) is 4.21 Å². The molecule has 2 aromatic rings. The Morgan fingerprint density at radius 1 is 1.39 bits per heavy atom. The molecule has 18 heavy (non-hydrogen) atoms. The van der Waals surface area contributed by atoms with E-state index >= 15 is 0 Å². The van der Waals surface area contributed by atoms with E-state index in [4.69, 9.17) is 0 Å².